The molecule has 28 heavy (non-hydrogen) atoms. The summed E-state index contributed by atoms with van der Waals surface area (Å²) in [6, 6.07) is 6.44. The number of H-pyrrole nitrogens is 1. The fourth-order valence-electron chi connectivity index (χ4n) is 4.55. The van der Waals surface area contributed by atoms with E-state index in [2.05, 4.69) is 39.5 Å². The minimum Gasteiger partial charge on any atom is -0.481 e. The fourth-order valence-corrected chi connectivity index (χ4v) is 4.55. The van der Waals surface area contributed by atoms with Crippen LogP contribution in [-0.4, -0.2) is 30.8 Å². The molecule has 0 atom stereocenters. The molecule has 0 unspecified atom stereocenters. The molecule has 3 aromatic heterocycles. The Labute approximate surface area is 162 Å². The van der Waals surface area contributed by atoms with E-state index in [9.17, 15) is 9.90 Å². The van der Waals surface area contributed by atoms with Crippen molar-refractivity contribution in [3.63, 3.8) is 0 Å². The van der Waals surface area contributed by atoms with E-state index in [0.29, 0.717) is 5.92 Å². The van der Waals surface area contributed by atoms with Gasteiger partial charge in [-0.3, -0.25) is 9.48 Å². The number of benzene rings is 1. The van der Waals surface area contributed by atoms with Crippen LogP contribution < -0.4 is 0 Å². The summed E-state index contributed by atoms with van der Waals surface area (Å²) in [5, 5.41) is 17.0. The number of carbonyl (C=O) groups is 1. The molecule has 6 nitrogen and oxygen atoms in total. The molecule has 4 aromatic rings. The van der Waals surface area contributed by atoms with E-state index in [1.165, 1.54) is 16.3 Å². The number of carboxylic acids is 1. The molecule has 0 amide bonds. The smallest absolute Gasteiger partial charge is 0.306 e. The summed E-state index contributed by atoms with van der Waals surface area (Å²) < 4.78 is 1.81. The van der Waals surface area contributed by atoms with Crippen LogP contribution in [0.25, 0.3) is 32.9 Å². The normalized spacial score (nSPS) is 20.0. The standard InChI is InChI=1S/C22H22N4O2/c1-26-12-17(10-25-26)15-6-7-16-9-23-21-20(18(16)8-15)19(11-24-21)13-2-4-14(5-3-13)22(27)28/h6-14H,2-5H2,1H3,(H,23,24)(H,27,28). The minimum absolute atomic E-state index is 0.200. The third-order valence-electron chi connectivity index (χ3n) is 6.10. The Hall–Kier alpha value is -3.15. The van der Waals surface area contributed by atoms with Crippen molar-refractivity contribution in [3.05, 3.63) is 48.5 Å². The van der Waals surface area contributed by atoms with Crippen LogP contribution >= 0.6 is 0 Å². The van der Waals surface area contributed by atoms with E-state index < -0.39 is 5.97 Å². The van der Waals surface area contributed by atoms with Gasteiger partial charge in [0.15, 0.2) is 0 Å². The lowest BCUT2D eigenvalue weighted by Gasteiger charge is -2.26. The Morgan fingerprint density at radius 3 is 2.71 bits per heavy atom. The minimum atomic E-state index is -0.661. The summed E-state index contributed by atoms with van der Waals surface area (Å²) in [4.78, 5) is 19.2. The second kappa shape index (κ2) is 6.48. The van der Waals surface area contributed by atoms with Gasteiger partial charge in [-0.1, -0.05) is 12.1 Å². The molecule has 1 aromatic carbocycles. The van der Waals surface area contributed by atoms with Gasteiger partial charge in [-0.15, -0.1) is 0 Å². The molecule has 1 saturated carbocycles. The number of aromatic nitrogens is 4. The molecule has 142 valence electrons. The van der Waals surface area contributed by atoms with Gasteiger partial charge in [0.1, 0.15) is 5.65 Å². The average molecular weight is 374 g/mol. The maximum atomic E-state index is 11.3. The highest BCUT2D eigenvalue weighted by Gasteiger charge is 2.28. The number of aryl methyl sites for hydroxylation is 1. The third-order valence-corrected chi connectivity index (χ3v) is 6.10. The Balaban J connectivity index is 1.61. The van der Waals surface area contributed by atoms with E-state index in [-0.39, 0.29) is 5.92 Å². The lowest BCUT2D eigenvalue weighted by Crippen LogP contribution is -2.20. The summed E-state index contributed by atoms with van der Waals surface area (Å²) >= 11 is 0. The number of hydrogen-bond donors (Lipinski definition) is 2. The molecule has 1 fully saturated rings. The monoisotopic (exact) mass is 374 g/mol. The largest absolute Gasteiger partial charge is 0.481 e. The highest BCUT2D eigenvalue weighted by molar-refractivity contribution is 6.08. The summed E-state index contributed by atoms with van der Waals surface area (Å²) in [6.07, 6.45) is 11.2. The van der Waals surface area contributed by atoms with Crippen molar-refractivity contribution >= 4 is 27.8 Å². The van der Waals surface area contributed by atoms with Gasteiger partial charge in [0, 0.05) is 42.0 Å². The van der Waals surface area contributed by atoms with Crippen LogP contribution in [0.2, 0.25) is 0 Å². The second-order valence-corrected chi connectivity index (χ2v) is 7.82. The fraction of sp³-hybridized carbons (Fsp3) is 0.318. The quantitative estimate of drug-likeness (QED) is 0.554. The number of pyridine rings is 1. The van der Waals surface area contributed by atoms with E-state index >= 15 is 0 Å². The first-order valence-electron chi connectivity index (χ1n) is 9.71. The second-order valence-electron chi connectivity index (χ2n) is 7.82. The number of nitrogens with one attached hydrogen (secondary N) is 1. The lowest BCUT2D eigenvalue weighted by atomic mass is 9.78. The molecular formula is C22H22N4O2. The van der Waals surface area contributed by atoms with Crippen molar-refractivity contribution in [2.75, 3.05) is 0 Å². The molecule has 0 bridgehead atoms. The molecule has 0 radical (unpaired) electrons. The zero-order chi connectivity index (χ0) is 19.3. The Kier molecular flexibility index (Phi) is 3.93. The molecule has 5 rings (SSSR count). The molecule has 0 spiro atoms. The molecule has 2 N–H and O–H groups in total. The van der Waals surface area contributed by atoms with Gasteiger partial charge < -0.3 is 10.1 Å². The molecular weight excluding hydrogens is 352 g/mol. The first kappa shape index (κ1) is 17.0. The number of hydrogen-bond acceptors (Lipinski definition) is 3. The Morgan fingerprint density at radius 1 is 1.18 bits per heavy atom. The zero-order valence-electron chi connectivity index (χ0n) is 15.7. The zero-order valence-corrected chi connectivity index (χ0v) is 15.7. The van der Waals surface area contributed by atoms with Crippen molar-refractivity contribution in [2.24, 2.45) is 13.0 Å². The van der Waals surface area contributed by atoms with Gasteiger partial charge in [-0.25, -0.2) is 4.98 Å². The summed E-state index contributed by atoms with van der Waals surface area (Å²) in [6.45, 7) is 0. The van der Waals surface area contributed by atoms with E-state index in [1.54, 1.807) is 0 Å². The van der Waals surface area contributed by atoms with Crippen molar-refractivity contribution in [2.45, 2.75) is 31.6 Å². The van der Waals surface area contributed by atoms with Gasteiger partial charge in [0.25, 0.3) is 0 Å². The number of fused-ring (bicyclic) bond motifs is 3. The highest BCUT2D eigenvalue weighted by atomic mass is 16.4. The molecule has 1 aliphatic rings. The molecule has 1 aliphatic carbocycles. The van der Waals surface area contributed by atoms with E-state index in [0.717, 1.165) is 47.8 Å². The third kappa shape index (κ3) is 2.76. The highest BCUT2D eigenvalue weighted by Crippen LogP contribution is 2.41. The maximum absolute atomic E-state index is 11.3. The number of carboxylic acid groups (broad SMARTS) is 1. The van der Waals surface area contributed by atoms with Crippen LogP contribution in [-0.2, 0) is 11.8 Å². The van der Waals surface area contributed by atoms with Crippen LogP contribution in [0, 0.1) is 5.92 Å². The van der Waals surface area contributed by atoms with Crippen LogP contribution in [0.5, 0.6) is 0 Å². The van der Waals surface area contributed by atoms with Gasteiger partial charge in [-0.2, -0.15) is 5.10 Å². The SMILES string of the molecule is Cn1cc(-c2ccc3cnc4[nH]cc(C5CCC(C(=O)O)CC5)c4c3c2)cn1. The van der Waals surface area contributed by atoms with Crippen LogP contribution in [0.3, 0.4) is 0 Å². The predicted octanol–water partition coefficient (Wildman–Crippen LogP) is 4.48. The molecule has 0 aliphatic heterocycles. The Morgan fingerprint density at radius 2 is 2.00 bits per heavy atom. The van der Waals surface area contributed by atoms with Crippen molar-refractivity contribution in [3.8, 4) is 11.1 Å². The molecule has 6 heteroatoms. The molecule has 3 heterocycles. The number of aliphatic carboxylic acids is 1. The van der Waals surface area contributed by atoms with Crippen LogP contribution in [0.4, 0.5) is 0 Å². The van der Waals surface area contributed by atoms with Crippen LogP contribution in [0.1, 0.15) is 37.2 Å². The van der Waals surface area contributed by atoms with Gasteiger partial charge >= 0.3 is 5.97 Å². The summed E-state index contributed by atoms with van der Waals surface area (Å²) in [5.41, 5.74) is 4.38. The predicted molar refractivity (Wildman–Crippen MR) is 108 cm³/mol. The Bertz CT molecular complexity index is 1180. The number of aromatic amines is 1. The lowest BCUT2D eigenvalue weighted by molar-refractivity contribution is -0.142. The van der Waals surface area contributed by atoms with E-state index in [4.69, 9.17) is 0 Å². The summed E-state index contributed by atoms with van der Waals surface area (Å²) in [5.74, 6) is -0.488. The van der Waals surface area contributed by atoms with Crippen LogP contribution in [0.15, 0.2) is 43.0 Å². The van der Waals surface area contributed by atoms with Gasteiger partial charge in [0.2, 0.25) is 0 Å². The first-order chi connectivity index (χ1) is 13.6. The summed E-state index contributed by atoms with van der Waals surface area (Å²) in [7, 11) is 1.92. The maximum Gasteiger partial charge on any atom is 0.306 e. The van der Waals surface area contributed by atoms with E-state index in [1.807, 2.05) is 30.3 Å². The first-order valence-corrected chi connectivity index (χ1v) is 9.71. The van der Waals surface area contributed by atoms with Gasteiger partial charge in [0.05, 0.1) is 12.1 Å². The average Bonchev–Trinajstić information content (AvgIpc) is 3.34. The molecule has 0 saturated heterocycles. The van der Waals surface area contributed by atoms with Crippen molar-refractivity contribution < 1.29 is 9.90 Å². The van der Waals surface area contributed by atoms with Gasteiger partial charge in [-0.05, 0) is 54.2 Å². The van der Waals surface area contributed by atoms with Crippen molar-refractivity contribution in [1.82, 2.24) is 19.7 Å². The topological polar surface area (TPSA) is 83.8 Å². The number of rotatable bonds is 3. The number of nitrogens with zero attached hydrogens (tertiary/aromatic N) is 3. The van der Waals surface area contributed by atoms with Crippen molar-refractivity contribution in [1.29, 1.82) is 0 Å².